The van der Waals surface area contributed by atoms with Crippen molar-refractivity contribution in [2.75, 3.05) is 7.05 Å². The van der Waals surface area contributed by atoms with Crippen LogP contribution in [0.3, 0.4) is 0 Å². The van der Waals surface area contributed by atoms with E-state index in [1.165, 1.54) is 6.07 Å². The average molecular weight is 203 g/mol. The molecule has 1 aromatic carbocycles. The highest BCUT2D eigenvalue weighted by atomic mass is 35.5. The molecule has 0 aromatic heterocycles. The molecule has 0 saturated carbocycles. The largest absolute Gasteiger partial charge is 0.315 e. The van der Waals surface area contributed by atoms with Gasteiger partial charge in [-0.25, -0.2) is 0 Å². The van der Waals surface area contributed by atoms with Crippen molar-refractivity contribution in [1.29, 1.82) is 0 Å². The van der Waals surface area contributed by atoms with Crippen LogP contribution in [0.15, 0.2) is 24.3 Å². The summed E-state index contributed by atoms with van der Waals surface area (Å²) < 4.78 is 0. The molecule has 0 aliphatic heterocycles. The lowest BCUT2D eigenvalue weighted by Crippen LogP contribution is -2.07. The fourth-order valence-corrected chi connectivity index (χ4v) is 1.03. The number of hydrogen-bond donors (Lipinski definition) is 1. The number of rotatable bonds is 3. The highest BCUT2D eigenvalue weighted by Crippen LogP contribution is 2.16. The Hall–Kier alpha value is -1.13. The van der Waals surface area contributed by atoms with Crippen molar-refractivity contribution >= 4 is 18.1 Å². The van der Waals surface area contributed by atoms with Gasteiger partial charge in [0.15, 0.2) is 0 Å². The maximum absolute atomic E-state index is 10.5. The summed E-state index contributed by atoms with van der Waals surface area (Å²) in [4.78, 5) is 10.1. The van der Waals surface area contributed by atoms with E-state index in [4.69, 9.17) is 0 Å². The van der Waals surface area contributed by atoms with Gasteiger partial charge >= 0.3 is 0 Å². The van der Waals surface area contributed by atoms with Gasteiger partial charge < -0.3 is 5.32 Å². The maximum Gasteiger partial charge on any atom is 0.273 e. The molecule has 1 N–H and O–H groups in total. The molecule has 0 aliphatic rings. The van der Waals surface area contributed by atoms with Gasteiger partial charge in [0.2, 0.25) is 0 Å². The van der Waals surface area contributed by atoms with Crippen LogP contribution in [0.1, 0.15) is 5.56 Å². The Morgan fingerprint density at radius 1 is 1.46 bits per heavy atom. The Labute approximate surface area is 82.5 Å². The predicted molar refractivity (Wildman–Crippen MR) is 53.1 cm³/mol. The molecule has 0 spiro atoms. The Morgan fingerprint density at radius 3 is 2.62 bits per heavy atom. The Kier molecular flexibility index (Phi) is 5.03. The van der Waals surface area contributed by atoms with E-state index in [0.29, 0.717) is 12.1 Å². The van der Waals surface area contributed by atoms with Gasteiger partial charge in [0.1, 0.15) is 0 Å². The van der Waals surface area contributed by atoms with Crippen LogP contribution in [-0.4, -0.2) is 12.0 Å². The van der Waals surface area contributed by atoms with Gasteiger partial charge in [-0.15, -0.1) is 12.4 Å². The third-order valence-electron chi connectivity index (χ3n) is 1.56. The molecule has 0 bridgehead atoms. The molecule has 0 radical (unpaired) electrons. The lowest BCUT2D eigenvalue weighted by Gasteiger charge is -1.99. The van der Waals surface area contributed by atoms with Gasteiger partial charge in [-0.2, -0.15) is 0 Å². The number of hydrogen-bond acceptors (Lipinski definition) is 3. The number of halogens is 1. The van der Waals surface area contributed by atoms with Crippen LogP contribution in [0, 0.1) is 10.1 Å². The van der Waals surface area contributed by atoms with Crippen LogP contribution in [0.25, 0.3) is 0 Å². The molecule has 0 amide bonds. The summed E-state index contributed by atoms with van der Waals surface area (Å²) in [6, 6.07) is 6.71. The highest BCUT2D eigenvalue weighted by molar-refractivity contribution is 5.85. The zero-order valence-corrected chi connectivity index (χ0v) is 8.00. The van der Waals surface area contributed by atoms with Crippen molar-refractivity contribution in [3.8, 4) is 0 Å². The Morgan fingerprint density at radius 2 is 2.08 bits per heavy atom. The first kappa shape index (κ1) is 11.9. The minimum atomic E-state index is -0.368. The Balaban J connectivity index is 0.00000144. The number of nitro benzene ring substituents is 1. The van der Waals surface area contributed by atoms with Gasteiger partial charge in [0.05, 0.1) is 4.92 Å². The number of nitro groups is 1. The van der Waals surface area contributed by atoms with E-state index in [-0.39, 0.29) is 23.0 Å². The maximum atomic E-state index is 10.5. The van der Waals surface area contributed by atoms with Crippen LogP contribution in [0.4, 0.5) is 5.69 Å². The Bertz CT molecular complexity index is 291. The van der Waals surface area contributed by atoms with Gasteiger partial charge in [-0.05, 0) is 7.05 Å². The molecular formula is C8H11ClN2O2. The van der Waals surface area contributed by atoms with E-state index in [1.807, 2.05) is 0 Å². The molecular weight excluding hydrogens is 192 g/mol. The summed E-state index contributed by atoms with van der Waals surface area (Å²) in [5, 5.41) is 13.3. The first-order valence-electron chi connectivity index (χ1n) is 3.62. The van der Waals surface area contributed by atoms with Crippen LogP contribution in [0.5, 0.6) is 0 Å². The monoisotopic (exact) mass is 202 g/mol. The number of benzene rings is 1. The minimum absolute atomic E-state index is 0. The van der Waals surface area contributed by atoms with E-state index in [2.05, 4.69) is 5.32 Å². The lowest BCUT2D eigenvalue weighted by molar-refractivity contribution is -0.385. The van der Waals surface area contributed by atoms with Gasteiger partial charge in [-0.3, -0.25) is 10.1 Å². The summed E-state index contributed by atoms with van der Waals surface area (Å²) in [5.41, 5.74) is 0.886. The minimum Gasteiger partial charge on any atom is -0.315 e. The van der Waals surface area contributed by atoms with Crippen LogP contribution in [0.2, 0.25) is 0 Å². The van der Waals surface area contributed by atoms with Gasteiger partial charge in [-0.1, -0.05) is 18.2 Å². The van der Waals surface area contributed by atoms with Gasteiger partial charge in [0.25, 0.3) is 5.69 Å². The molecule has 72 valence electrons. The van der Waals surface area contributed by atoms with Crippen molar-refractivity contribution in [2.45, 2.75) is 6.54 Å². The smallest absolute Gasteiger partial charge is 0.273 e. The number of para-hydroxylation sites is 1. The second kappa shape index (κ2) is 5.50. The van der Waals surface area contributed by atoms with Crippen molar-refractivity contribution in [3.05, 3.63) is 39.9 Å². The predicted octanol–water partition coefficient (Wildman–Crippen LogP) is 1.74. The van der Waals surface area contributed by atoms with Crippen molar-refractivity contribution < 1.29 is 4.92 Å². The van der Waals surface area contributed by atoms with Crippen LogP contribution < -0.4 is 5.32 Å². The second-order valence-corrected chi connectivity index (χ2v) is 2.42. The third-order valence-corrected chi connectivity index (χ3v) is 1.56. The summed E-state index contributed by atoms with van der Waals surface area (Å²) >= 11 is 0. The molecule has 4 nitrogen and oxygen atoms in total. The first-order chi connectivity index (χ1) is 5.75. The summed E-state index contributed by atoms with van der Waals surface area (Å²) in [6.07, 6.45) is 0. The zero-order valence-electron chi connectivity index (χ0n) is 7.19. The molecule has 0 unspecified atom stereocenters. The summed E-state index contributed by atoms with van der Waals surface area (Å²) in [5.74, 6) is 0. The van der Waals surface area contributed by atoms with Crippen molar-refractivity contribution in [1.82, 2.24) is 5.32 Å². The van der Waals surface area contributed by atoms with Crippen molar-refractivity contribution in [2.24, 2.45) is 0 Å². The third kappa shape index (κ3) is 3.01. The van der Waals surface area contributed by atoms with Crippen LogP contribution >= 0.6 is 12.4 Å². The molecule has 0 heterocycles. The van der Waals surface area contributed by atoms with Crippen LogP contribution in [-0.2, 0) is 6.54 Å². The molecule has 1 rings (SSSR count). The molecule has 0 saturated heterocycles. The molecule has 0 atom stereocenters. The van der Waals surface area contributed by atoms with E-state index in [0.717, 1.165) is 0 Å². The lowest BCUT2D eigenvalue weighted by atomic mass is 10.2. The number of nitrogens with zero attached hydrogens (tertiary/aromatic N) is 1. The molecule has 0 aliphatic carbocycles. The van der Waals surface area contributed by atoms with E-state index < -0.39 is 0 Å². The zero-order chi connectivity index (χ0) is 8.97. The highest BCUT2D eigenvalue weighted by Gasteiger charge is 2.10. The van der Waals surface area contributed by atoms with E-state index in [9.17, 15) is 10.1 Å². The molecule has 0 fully saturated rings. The normalized spacial score (nSPS) is 9.00. The fourth-order valence-electron chi connectivity index (χ4n) is 1.03. The average Bonchev–Trinajstić information content (AvgIpc) is 2.05. The molecule has 13 heavy (non-hydrogen) atoms. The molecule has 1 aromatic rings. The van der Waals surface area contributed by atoms with E-state index in [1.54, 1.807) is 25.2 Å². The van der Waals surface area contributed by atoms with Gasteiger partial charge in [0, 0.05) is 18.2 Å². The summed E-state index contributed by atoms with van der Waals surface area (Å²) in [6.45, 7) is 0.525. The molecule has 5 heteroatoms. The van der Waals surface area contributed by atoms with E-state index >= 15 is 0 Å². The topological polar surface area (TPSA) is 55.2 Å². The SMILES string of the molecule is CNCc1ccccc1[N+](=O)[O-].Cl. The quantitative estimate of drug-likeness (QED) is 0.600. The van der Waals surface area contributed by atoms with Crippen molar-refractivity contribution in [3.63, 3.8) is 0 Å². The first-order valence-corrected chi connectivity index (χ1v) is 3.62. The second-order valence-electron chi connectivity index (χ2n) is 2.42. The fraction of sp³-hybridized carbons (Fsp3) is 0.250. The number of nitrogens with one attached hydrogen (secondary N) is 1. The summed E-state index contributed by atoms with van der Waals surface area (Å²) in [7, 11) is 1.76. The standard InChI is InChI=1S/C8H10N2O2.ClH/c1-9-6-7-4-2-3-5-8(7)10(11)12;/h2-5,9H,6H2,1H3;1H.